The Kier molecular flexibility index (Phi) is 6.08. The molecule has 3 aromatic rings. The van der Waals surface area contributed by atoms with Crippen LogP contribution in [0, 0.1) is 0 Å². The third kappa shape index (κ3) is 4.96. The second-order valence-corrected chi connectivity index (χ2v) is 7.09. The second-order valence-electron chi connectivity index (χ2n) is 5.31. The molecule has 2 aromatic heterocycles. The summed E-state index contributed by atoms with van der Waals surface area (Å²) in [5.74, 6) is -0.417. The number of hydrogen-bond acceptors (Lipinski definition) is 5. The highest BCUT2D eigenvalue weighted by Crippen LogP contribution is 2.23. The minimum Gasteiger partial charge on any atom is -0.352 e. The number of nitrogens with zero attached hydrogens (tertiary/aromatic N) is 2. The summed E-state index contributed by atoms with van der Waals surface area (Å²) in [6.07, 6.45) is 1.86. The number of thiazole rings is 1. The maximum Gasteiger partial charge on any atom is 0.251 e. The first-order valence-corrected chi connectivity index (χ1v) is 9.49. The number of amides is 2. The summed E-state index contributed by atoms with van der Waals surface area (Å²) in [5, 5.41) is 7.81. The monoisotopic (exact) mass is 430 g/mol. The van der Waals surface area contributed by atoms with E-state index in [0.717, 1.165) is 15.9 Å². The Balaban J connectivity index is 1.46. The van der Waals surface area contributed by atoms with Crippen LogP contribution in [-0.2, 0) is 4.79 Å². The second kappa shape index (κ2) is 8.68. The molecule has 0 spiro atoms. The minimum absolute atomic E-state index is 0.167. The summed E-state index contributed by atoms with van der Waals surface area (Å²) >= 11 is 4.66. The Hall–Kier alpha value is -2.58. The number of carbonyl (C=O) groups is 2. The maximum absolute atomic E-state index is 12.0. The summed E-state index contributed by atoms with van der Waals surface area (Å²) in [6.45, 7) is 0.249. The number of benzene rings is 1. The molecule has 0 radical (unpaired) electrons. The number of rotatable bonds is 6. The smallest absolute Gasteiger partial charge is 0.251 e. The number of anilines is 1. The molecule has 26 heavy (non-hydrogen) atoms. The van der Waals surface area contributed by atoms with Crippen LogP contribution in [0.1, 0.15) is 16.8 Å². The van der Waals surface area contributed by atoms with Crippen molar-refractivity contribution in [3.05, 3.63) is 64.1 Å². The SMILES string of the molecule is O=C(CCNC(=O)c1ccc(Br)cc1)Nc1nc(-c2ccccn2)cs1. The van der Waals surface area contributed by atoms with E-state index in [-0.39, 0.29) is 24.8 Å². The van der Waals surface area contributed by atoms with Crippen LogP contribution in [0.2, 0.25) is 0 Å². The molecule has 0 aliphatic carbocycles. The van der Waals surface area contributed by atoms with Crippen LogP contribution in [0.4, 0.5) is 5.13 Å². The van der Waals surface area contributed by atoms with Gasteiger partial charge >= 0.3 is 0 Å². The molecule has 8 heteroatoms. The van der Waals surface area contributed by atoms with Crippen molar-refractivity contribution < 1.29 is 9.59 Å². The number of hydrogen-bond donors (Lipinski definition) is 2. The molecule has 3 rings (SSSR count). The molecule has 2 heterocycles. The van der Waals surface area contributed by atoms with Gasteiger partial charge in [-0.2, -0.15) is 0 Å². The minimum atomic E-state index is -0.211. The molecule has 1 aromatic carbocycles. The van der Waals surface area contributed by atoms with Crippen molar-refractivity contribution in [1.82, 2.24) is 15.3 Å². The quantitative estimate of drug-likeness (QED) is 0.623. The molecule has 2 N–H and O–H groups in total. The molecule has 0 bridgehead atoms. The molecule has 0 fully saturated rings. The van der Waals surface area contributed by atoms with E-state index in [2.05, 4.69) is 36.5 Å². The van der Waals surface area contributed by atoms with Gasteiger partial charge in [0.25, 0.3) is 5.91 Å². The van der Waals surface area contributed by atoms with Gasteiger partial charge in [0.15, 0.2) is 5.13 Å². The van der Waals surface area contributed by atoms with Crippen LogP contribution in [0.15, 0.2) is 58.5 Å². The van der Waals surface area contributed by atoms with Crippen molar-refractivity contribution in [3.63, 3.8) is 0 Å². The fraction of sp³-hybridized carbons (Fsp3) is 0.111. The van der Waals surface area contributed by atoms with Crippen molar-refractivity contribution in [2.45, 2.75) is 6.42 Å². The predicted octanol–water partition coefficient (Wildman–Crippen LogP) is 3.73. The van der Waals surface area contributed by atoms with Gasteiger partial charge in [-0.15, -0.1) is 11.3 Å². The average molecular weight is 431 g/mol. The van der Waals surface area contributed by atoms with Gasteiger partial charge in [-0.25, -0.2) is 4.98 Å². The van der Waals surface area contributed by atoms with E-state index in [4.69, 9.17) is 0 Å². The van der Waals surface area contributed by atoms with E-state index in [0.29, 0.717) is 10.7 Å². The Labute approximate surface area is 162 Å². The zero-order valence-electron chi connectivity index (χ0n) is 13.6. The van der Waals surface area contributed by atoms with Crippen molar-refractivity contribution in [1.29, 1.82) is 0 Å². The van der Waals surface area contributed by atoms with Gasteiger partial charge in [-0.1, -0.05) is 22.0 Å². The number of carbonyl (C=O) groups excluding carboxylic acids is 2. The lowest BCUT2D eigenvalue weighted by molar-refractivity contribution is -0.116. The van der Waals surface area contributed by atoms with Gasteiger partial charge in [0.1, 0.15) is 5.69 Å². The summed E-state index contributed by atoms with van der Waals surface area (Å²) < 4.78 is 0.905. The number of pyridine rings is 1. The predicted molar refractivity (Wildman–Crippen MR) is 105 cm³/mol. The lowest BCUT2D eigenvalue weighted by Crippen LogP contribution is -2.27. The molecule has 132 valence electrons. The van der Waals surface area contributed by atoms with Crippen LogP contribution < -0.4 is 10.6 Å². The highest BCUT2D eigenvalue weighted by molar-refractivity contribution is 9.10. The Bertz CT molecular complexity index is 897. The summed E-state index contributed by atoms with van der Waals surface area (Å²) in [7, 11) is 0. The molecular formula is C18H15BrN4O2S. The van der Waals surface area contributed by atoms with Crippen LogP contribution in [0.5, 0.6) is 0 Å². The first kappa shape index (κ1) is 18.2. The van der Waals surface area contributed by atoms with Crippen molar-refractivity contribution in [2.24, 2.45) is 0 Å². The molecule has 0 aliphatic heterocycles. The van der Waals surface area contributed by atoms with Gasteiger partial charge in [0.05, 0.1) is 5.69 Å². The molecule has 0 unspecified atom stereocenters. The van der Waals surface area contributed by atoms with Crippen LogP contribution in [0.3, 0.4) is 0 Å². The largest absolute Gasteiger partial charge is 0.352 e. The van der Waals surface area contributed by atoms with Gasteiger partial charge in [-0.05, 0) is 36.4 Å². The Morgan fingerprint density at radius 3 is 2.62 bits per heavy atom. The standard InChI is InChI=1S/C18H15BrN4O2S/c19-13-6-4-12(5-7-13)17(25)21-10-8-16(24)23-18-22-15(11-26-18)14-3-1-2-9-20-14/h1-7,9,11H,8,10H2,(H,21,25)(H,22,23,24). The highest BCUT2D eigenvalue weighted by atomic mass is 79.9. The van der Waals surface area contributed by atoms with Gasteiger partial charge in [0, 0.05) is 34.6 Å². The van der Waals surface area contributed by atoms with E-state index in [1.54, 1.807) is 30.5 Å². The lowest BCUT2D eigenvalue weighted by atomic mass is 10.2. The lowest BCUT2D eigenvalue weighted by Gasteiger charge is -2.05. The summed E-state index contributed by atoms with van der Waals surface area (Å²) in [5.41, 5.74) is 2.02. The maximum atomic E-state index is 12.0. The molecule has 0 saturated carbocycles. The van der Waals surface area contributed by atoms with E-state index < -0.39 is 0 Å². The van der Waals surface area contributed by atoms with Gasteiger partial charge in [0.2, 0.25) is 5.91 Å². The van der Waals surface area contributed by atoms with Crippen molar-refractivity contribution >= 4 is 44.2 Å². The Morgan fingerprint density at radius 1 is 1.08 bits per heavy atom. The topological polar surface area (TPSA) is 84.0 Å². The first-order chi connectivity index (χ1) is 12.6. The third-order valence-corrected chi connectivity index (χ3v) is 4.71. The zero-order valence-corrected chi connectivity index (χ0v) is 16.0. The van der Waals surface area contributed by atoms with Crippen molar-refractivity contribution in [3.8, 4) is 11.4 Å². The van der Waals surface area contributed by atoms with E-state index >= 15 is 0 Å². The summed E-state index contributed by atoms with van der Waals surface area (Å²) in [4.78, 5) is 32.6. The Morgan fingerprint density at radius 2 is 1.88 bits per heavy atom. The molecule has 0 saturated heterocycles. The number of nitrogens with one attached hydrogen (secondary N) is 2. The number of aromatic nitrogens is 2. The molecule has 0 atom stereocenters. The van der Waals surface area contributed by atoms with Crippen LogP contribution in [0.25, 0.3) is 11.4 Å². The molecular weight excluding hydrogens is 416 g/mol. The van der Waals surface area contributed by atoms with Crippen LogP contribution in [-0.4, -0.2) is 28.3 Å². The third-order valence-electron chi connectivity index (χ3n) is 3.42. The zero-order chi connectivity index (χ0) is 18.4. The molecule has 6 nitrogen and oxygen atoms in total. The van der Waals surface area contributed by atoms with Crippen molar-refractivity contribution in [2.75, 3.05) is 11.9 Å². The fourth-order valence-electron chi connectivity index (χ4n) is 2.14. The van der Waals surface area contributed by atoms with E-state index in [9.17, 15) is 9.59 Å². The number of halogens is 1. The van der Waals surface area contributed by atoms with E-state index in [1.165, 1.54) is 11.3 Å². The van der Waals surface area contributed by atoms with Crippen LogP contribution >= 0.6 is 27.3 Å². The first-order valence-electron chi connectivity index (χ1n) is 7.82. The van der Waals surface area contributed by atoms with Gasteiger partial charge < -0.3 is 10.6 Å². The van der Waals surface area contributed by atoms with Gasteiger partial charge in [-0.3, -0.25) is 14.6 Å². The molecule has 0 aliphatic rings. The fourth-order valence-corrected chi connectivity index (χ4v) is 3.12. The average Bonchev–Trinajstić information content (AvgIpc) is 3.11. The molecule has 2 amide bonds. The summed E-state index contributed by atoms with van der Waals surface area (Å²) in [6, 6.07) is 12.6. The highest BCUT2D eigenvalue weighted by Gasteiger charge is 2.10. The normalized spacial score (nSPS) is 10.3. The van der Waals surface area contributed by atoms with E-state index in [1.807, 2.05) is 23.6 Å².